The zero-order valence-electron chi connectivity index (χ0n) is 18.0. The first-order valence-electron chi connectivity index (χ1n) is 10.8. The minimum absolute atomic E-state index is 0.0159. The molecule has 0 radical (unpaired) electrons. The number of fused-ring (bicyclic) bond motifs is 2. The molecule has 2 N–H and O–H groups in total. The first-order chi connectivity index (χ1) is 15.7. The van der Waals surface area contributed by atoms with Crippen LogP contribution in [0.2, 0.25) is 0 Å². The number of hydrogen-bond donors (Lipinski definition) is 2. The first kappa shape index (κ1) is 21.1. The van der Waals surface area contributed by atoms with Crippen LogP contribution in [0.5, 0.6) is 5.88 Å². The monoisotopic (exact) mass is 450 g/mol. The van der Waals surface area contributed by atoms with Crippen molar-refractivity contribution in [2.45, 2.75) is 30.3 Å². The van der Waals surface area contributed by atoms with Crippen LogP contribution in [0.25, 0.3) is 11.0 Å². The van der Waals surface area contributed by atoms with Crippen molar-refractivity contribution in [3.8, 4) is 5.88 Å². The number of carbonyl (C=O) groups excluding carboxylic acids is 1. The van der Waals surface area contributed by atoms with Crippen LogP contribution in [0.1, 0.15) is 17.7 Å². The Bertz CT molecular complexity index is 1140. The maximum atomic E-state index is 11.6. The van der Waals surface area contributed by atoms with Gasteiger partial charge in [0.25, 0.3) is 0 Å². The average Bonchev–Trinajstić information content (AvgIpc) is 3.28. The van der Waals surface area contributed by atoms with Gasteiger partial charge in [-0.3, -0.25) is 9.78 Å². The van der Waals surface area contributed by atoms with Gasteiger partial charge in [-0.2, -0.15) is 0 Å². The summed E-state index contributed by atoms with van der Waals surface area (Å²) in [6.45, 7) is 3.76. The molecule has 1 amide bonds. The lowest BCUT2D eigenvalue weighted by Gasteiger charge is -2.18. The van der Waals surface area contributed by atoms with E-state index in [4.69, 9.17) is 4.74 Å². The summed E-state index contributed by atoms with van der Waals surface area (Å²) in [5.74, 6) is 1.78. The first-order valence-corrected chi connectivity index (χ1v) is 11.8. The van der Waals surface area contributed by atoms with Gasteiger partial charge in [0, 0.05) is 37.9 Å². The molecule has 1 atom stereocenters. The molecule has 5 rings (SSSR count). The van der Waals surface area contributed by atoms with Crippen molar-refractivity contribution in [2.24, 2.45) is 0 Å². The lowest BCUT2D eigenvalue weighted by Crippen LogP contribution is -2.33. The smallest absolute Gasteiger partial charge is 0.235 e. The molecule has 166 valence electrons. The second kappa shape index (κ2) is 9.40. The number of carbonyl (C=O) groups is 1. The fourth-order valence-corrected chi connectivity index (χ4v) is 4.97. The fraction of sp³-hybridized carbons (Fsp3) is 0.391. The molecule has 2 aliphatic heterocycles. The Morgan fingerprint density at radius 2 is 2.19 bits per heavy atom. The van der Waals surface area contributed by atoms with Crippen molar-refractivity contribution in [1.29, 1.82) is 0 Å². The molecule has 0 saturated carbocycles. The number of nitrogens with one attached hydrogen (secondary N) is 2. The third-order valence-electron chi connectivity index (χ3n) is 5.93. The molecule has 0 bridgehead atoms. The molecule has 0 spiro atoms. The van der Waals surface area contributed by atoms with E-state index in [1.807, 2.05) is 30.5 Å². The van der Waals surface area contributed by atoms with Crippen molar-refractivity contribution in [3.05, 3.63) is 47.8 Å². The molecule has 1 fully saturated rings. The Balaban J connectivity index is 1.14. The molecule has 9 heteroatoms. The molecule has 0 aromatic carbocycles. The van der Waals surface area contributed by atoms with E-state index in [2.05, 4.69) is 36.6 Å². The fourth-order valence-electron chi connectivity index (χ4n) is 4.21. The SMILES string of the molecule is COc1ccc2nccc(CCN3CCC(NCc4ccc5c(n4)NC(=O)CS5)C3)c2n1. The highest BCUT2D eigenvalue weighted by Gasteiger charge is 2.23. The van der Waals surface area contributed by atoms with E-state index < -0.39 is 0 Å². The second-order valence-corrected chi connectivity index (χ2v) is 9.11. The van der Waals surface area contributed by atoms with Crippen LogP contribution in [0, 0.1) is 0 Å². The minimum Gasteiger partial charge on any atom is -0.481 e. The summed E-state index contributed by atoms with van der Waals surface area (Å²) in [6.07, 6.45) is 3.89. The van der Waals surface area contributed by atoms with E-state index in [1.165, 1.54) is 17.3 Å². The maximum absolute atomic E-state index is 11.6. The number of rotatable bonds is 7. The molecular formula is C23H26N6O2S. The van der Waals surface area contributed by atoms with Gasteiger partial charge in [0.2, 0.25) is 11.8 Å². The van der Waals surface area contributed by atoms with Crippen molar-refractivity contribution in [3.63, 3.8) is 0 Å². The van der Waals surface area contributed by atoms with E-state index in [0.29, 0.717) is 30.0 Å². The van der Waals surface area contributed by atoms with Gasteiger partial charge in [0.05, 0.1) is 34.5 Å². The van der Waals surface area contributed by atoms with Crippen LogP contribution in [0.4, 0.5) is 5.82 Å². The highest BCUT2D eigenvalue weighted by atomic mass is 32.2. The predicted molar refractivity (Wildman–Crippen MR) is 125 cm³/mol. The standard InChI is InChI=1S/C23H26N6O2S/c1-31-21-5-3-18-22(28-21)15(6-9-24-18)7-10-29-11-8-17(13-29)25-12-16-2-4-19-23(26-16)27-20(30)14-32-19/h2-6,9,17,25H,7-8,10-14H2,1H3,(H,26,27,30). The zero-order chi connectivity index (χ0) is 21.9. The van der Waals surface area contributed by atoms with Crippen molar-refractivity contribution in [1.82, 2.24) is 25.2 Å². The van der Waals surface area contributed by atoms with Gasteiger partial charge >= 0.3 is 0 Å². The van der Waals surface area contributed by atoms with E-state index >= 15 is 0 Å². The Morgan fingerprint density at radius 3 is 3.09 bits per heavy atom. The van der Waals surface area contributed by atoms with Crippen LogP contribution in [-0.4, -0.2) is 64.3 Å². The van der Waals surface area contributed by atoms with Gasteiger partial charge in [-0.25, -0.2) is 9.97 Å². The summed E-state index contributed by atoms with van der Waals surface area (Å²) in [5.41, 5.74) is 3.97. The predicted octanol–water partition coefficient (Wildman–Crippen LogP) is 2.48. The minimum atomic E-state index is 0.0159. The number of ether oxygens (including phenoxy) is 1. The number of methoxy groups -OCH3 is 1. The van der Waals surface area contributed by atoms with Crippen LogP contribution in [0.3, 0.4) is 0 Å². The van der Waals surface area contributed by atoms with Crippen molar-refractivity contribution < 1.29 is 9.53 Å². The Morgan fingerprint density at radius 1 is 1.25 bits per heavy atom. The quantitative estimate of drug-likeness (QED) is 0.567. The number of amides is 1. The number of nitrogens with zero attached hydrogens (tertiary/aromatic N) is 4. The molecule has 5 heterocycles. The molecule has 2 aliphatic rings. The Kier molecular flexibility index (Phi) is 6.20. The number of anilines is 1. The largest absolute Gasteiger partial charge is 0.481 e. The molecule has 0 aliphatic carbocycles. The molecule has 8 nitrogen and oxygen atoms in total. The molecular weight excluding hydrogens is 424 g/mol. The highest BCUT2D eigenvalue weighted by Crippen LogP contribution is 2.29. The van der Waals surface area contributed by atoms with E-state index in [-0.39, 0.29) is 5.91 Å². The van der Waals surface area contributed by atoms with Gasteiger partial charge in [0.1, 0.15) is 5.82 Å². The number of pyridine rings is 3. The van der Waals surface area contributed by atoms with E-state index in [1.54, 1.807) is 7.11 Å². The summed E-state index contributed by atoms with van der Waals surface area (Å²) >= 11 is 1.54. The van der Waals surface area contributed by atoms with Gasteiger partial charge < -0.3 is 20.3 Å². The van der Waals surface area contributed by atoms with E-state index in [0.717, 1.165) is 54.1 Å². The van der Waals surface area contributed by atoms with Crippen molar-refractivity contribution >= 4 is 34.5 Å². The van der Waals surface area contributed by atoms with Gasteiger partial charge in [0.15, 0.2) is 0 Å². The summed E-state index contributed by atoms with van der Waals surface area (Å²) in [5, 5.41) is 6.49. The number of aromatic nitrogens is 3. The summed E-state index contributed by atoms with van der Waals surface area (Å²) < 4.78 is 5.28. The van der Waals surface area contributed by atoms with E-state index in [9.17, 15) is 4.79 Å². The van der Waals surface area contributed by atoms with Crippen LogP contribution in [0.15, 0.2) is 41.4 Å². The molecule has 1 saturated heterocycles. The van der Waals surface area contributed by atoms with Gasteiger partial charge in [-0.15, -0.1) is 11.8 Å². The summed E-state index contributed by atoms with van der Waals surface area (Å²) in [6, 6.07) is 10.4. The summed E-state index contributed by atoms with van der Waals surface area (Å²) in [4.78, 5) is 28.8. The number of thioether (sulfide) groups is 1. The Labute approximate surface area is 191 Å². The summed E-state index contributed by atoms with van der Waals surface area (Å²) in [7, 11) is 1.64. The van der Waals surface area contributed by atoms with Crippen LogP contribution >= 0.6 is 11.8 Å². The molecule has 3 aromatic rings. The average molecular weight is 451 g/mol. The Hall–Kier alpha value is -2.75. The molecule has 3 aromatic heterocycles. The normalized spacial score (nSPS) is 18.5. The third-order valence-corrected chi connectivity index (χ3v) is 6.97. The molecule has 32 heavy (non-hydrogen) atoms. The lowest BCUT2D eigenvalue weighted by atomic mass is 10.1. The highest BCUT2D eigenvalue weighted by molar-refractivity contribution is 8.00. The van der Waals surface area contributed by atoms with Crippen molar-refractivity contribution in [2.75, 3.05) is 37.8 Å². The van der Waals surface area contributed by atoms with Crippen LogP contribution in [-0.2, 0) is 17.8 Å². The van der Waals surface area contributed by atoms with Gasteiger partial charge in [-0.05, 0) is 49.2 Å². The van der Waals surface area contributed by atoms with Gasteiger partial charge in [-0.1, -0.05) is 0 Å². The number of hydrogen-bond acceptors (Lipinski definition) is 8. The zero-order valence-corrected chi connectivity index (χ0v) is 18.8. The lowest BCUT2D eigenvalue weighted by molar-refractivity contribution is -0.113. The van der Waals surface area contributed by atoms with Crippen LogP contribution < -0.4 is 15.4 Å². The third kappa shape index (κ3) is 4.69. The topological polar surface area (TPSA) is 92.3 Å². The number of likely N-dealkylation sites (tertiary alicyclic amines) is 1. The molecule has 1 unspecified atom stereocenters. The second-order valence-electron chi connectivity index (χ2n) is 8.09. The maximum Gasteiger partial charge on any atom is 0.235 e.